The number of halogens is 1. The van der Waals surface area contributed by atoms with Crippen molar-refractivity contribution in [3.8, 4) is 0 Å². The van der Waals surface area contributed by atoms with Gasteiger partial charge in [-0.3, -0.25) is 9.59 Å². The molecule has 0 bridgehead atoms. The van der Waals surface area contributed by atoms with E-state index in [9.17, 15) is 9.59 Å². The van der Waals surface area contributed by atoms with Crippen LogP contribution < -0.4 is 5.32 Å². The van der Waals surface area contributed by atoms with Crippen LogP contribution in [0.4, 0.5) is 0 Å². The molecule has 1 amide bonds. The van der Waals surface area contributed by atoms with Crippen LogP contribution in [-0.4, -0.2) is 17.0 Å². The molecular weight excluding hydrogens is 374 g/mol. The maximum absolute atomic E-state index is 12.6. The third-order valence-corrected chi connectivity index (χ3v) is 4.18. The first kappa shape index (κ1) is 18.3. The van der Waals surface area contributed by atoms with Crippen molar-refractivity contribution in [1.29, 1.82) is 0 Å². The predicted molar refractivity (Wildman–Crippen MR) is 94.1 cm³/mol. The first-order valence-electron chi connectivity index (χ1n) is 7.66. The van der Waals surface area contributed by atoms with Crippen LogP contribution >= 0.6 is 15.9 Å². The fourth-order valence-electron chi connectivity index (χ4n) is 2.40. The van der Waals surface area contributed by atoms with Gasteiger partial charge >= 0.3 is 5.97 Å². The molecule has 0 aliphatic rings. The third kappa shape index (κ3) is 4.47. The van der Waals surface area contributed by atoms with Crippen molar-refractivity contribution in [2.45, 2.75) is 39.2 Å². The molecule has 0 spiro atoms. The lowest BCUT2D eigenvalue weighted by Crippen LogP contribution is -2.30. The molecule has 2 rings (SSSR count). The van der Waals surface area contributed by atoms with E-state index in [0.29, 0.717) is 11.3 Å². The maximum Gasteiger partial charge on any atom is 0.305 e. The van der Waals surface area contributed by atoms with Gasteiger partial charge in [-0.1, -0.05) is 41.9 Å². The number of hydrogen-bond acceptors (Lipinski definition) is 3. The fraction of sp³-hybridized carbons (Fsp3) is 0.333. The van der Waals surface area contributed by atoms with Gasteiger partial charge in [0.25, 0.3) is 5.91 Å². The van der Waals surface area contributed by atoms with Crippen LogP contribution in [0.2, 0.25) is 0 Å². The van der Waals surface area contributed by atoms with Crippen molar-refractivity contribution in [3.05, 3.63) is 57.5 Å². The Kier molecular flexibility index (Phi) is 5.83. The van der Waals surface area contributed by atoms with Crippen LogP contribution in [0, 0.1) is 6.92 Å². The van der Waals surface area contributed by atoms with Crippen molar-refractivity contribution in [3.63, 3.8) is 0 Å². The summed E-state index contributed by atoms with van der Waals surface area (Å²) in [5, 5.41) is 11.9. The van der Waals surface area contributed by atoms with Crippen LogP contribution in [-0.2, 0) is 4.79 Å². The van der Waals surface area contributed by atoms with E-state index in [1.54, 1.807) is 31.2 Å². The molecule has 24 heavy (non-hydrogen) atoms. The summed E-state index contributed by atoms with van der Waals surface area (Å²) < 4.78 is 6.43. The molecule has 2 N–H and O–H groups in total. The Bertz CT molecular complexity index is 751. The van der Waals surface area contributed by atoms with E-state index >= 15 is 0 Å². The molecule has 6 heteroatoms. The highest BCUT2D eigenvalue weighted by Crippen LogP contribution is 2.24. The average molecular weight is 394 g/mol. The number of carbonyl (C=O) groups excluding carboxylic acids is 1. The number of hydrogen-bond donors (Lipinski definition) is 2. The number of aryl methyl sites for hydroxylation is 1. The molecule has 0 fully saturated rings. The van der Waals surface area contributed by atoms with Crippen molar-refractivity contribution >= 4 is 27.8 Å². The summed E-state index contributed by atoms with van der Waals surface area (Å²) in [6, 6.07) is 8.34. The molecule has 0 aliphatic carbocycles. The summed E-state index contributed by atoms with van der Waals surface area (Å²) in [4.78, 5) is 23.7. The van der Waals surface area contributed by atoms with Gasteiger partial charge in [0.15, 0.2) is 0 Å². The van der Waals surface area contributed by atoms with Gasteiger partial charge in [0.05, 0.1) is 18.0 Å². The summed E-state index contributed by atoms with van der Waals surface area (Å²) >= 11 is 3.36. The van der Waals surface area contributed by atoms with E-state index in [-0.39, 0.29) is 18.2 Å². The molecule has 1 unspecified atom stereocenters. The Morgan fingerprint density at radius 1 is 1.29 bits per heavy atom. The molecule has 0 radical (unpaired) electrons. The van der Waals surface area contributed by atoms with Crippen LogP contribution in [0.5, 0.6) is 0 Å². The highest BCUT2D eigenvalue weighted by Gasteiger charge is 2.22. The maximum atomic E-state index is 12.6. The summed E-state index contributed by atoms with van der Waals surface area (Å²) in [7, 11) is 0. The normalized spacial score (nSPS) is 12.2. The molecule has 1 aromatic carbocycles. The smallest absolute Gasteiger partial charge is 0.305 e. The molecule has 128 valence electrons. The number of carboxylic acids is 1. The van der Waals surface area contributed by atoms with Crippen molar-refractivity contribution < 1.29 is 19.1 Å². The second-order valence-corrected chi connectivity index (χ2v) is 6.87. The topological polar surface area (TPSA) is 79.5 Å². The third-order valence-electron chi connectivity index (χ3n) is 3.69. The minimum atomic E-state index is -0.980. The Hall–Kier alpha value is -2.08. The zero-order chi connectivity index (χ0) is 17.9. The van der Waals surface area contributed by atoms with Gasteiger partial charge in [-0.05, 0) is 30.7 Å². The summed E-state index contributed by atoms with van der Waals surface area (Å²) in [6.45, 7) is 5.69. The quantitative estimate of drug-likeness (QED) is 0.760. The SMILES string of the molecule is Cc1oc(C(C)C)cc1C(=O)NC(CC(=O)O)c1cccc(Br)c1. The molecule has 0 aliphatic heterocycles. The molecular formula is C18H20BrNO4. The number of furan rings is 1. The second kappa shape index (κ2) is 7.66. The monoisotopic (exact) mass is 393 g/mol. The fourth-order valence-corrected chi connectivity index (χ4v) is 2.82. The Morgan fingerprint density at radius 3 is 2.54 bits per heavy atom. The van der Waals surface area contributed by atoms with Gasteiger partial charge in [0, 0.05) is 10.4 Å². The first-order valence-corrected chi connectivity index (χ1v) is 8.45. The summed E-state index contributed by atoms with van der Waals surface area (Å²) in [5.74, 6) is 0.112. The number of nitrogens with one attached hydrogen (secondary N) is 1. The van der Waals surface area contributed by atoms with Gasteiger partial charge in [0.1, 0.15) is 11.5 Å². The average Bonchev–Trinajstić information content (AvgIpc) is 2.88. The highest BCUT2D eigenvalue weighted by molar-refractivity contribution is 9.10. The number of carboxylic acid groups (broad SMARTS) is 1. The predicted octanol–water partition coefficient (Wildman–Crippen LogP) is 4.42. The largest absolute Gasteiger partial charge is 0.481 e. The molecule has 1 heterocycles. The van der Waals surface area contributed by atoms with Crippen LogP contribution in [0.1, 0.15) is 59.7 Å². The van der Waals surface area contributed by atoms with Crippen molar-refractivity contribution in [1.82, 2.24) is 5.32 Å². The Morgan fingerprint density at radius 2 is 2.00 bits per heavy atom. The van der Waals surface area contributed by atoms with Gasteiger partial charge < -0.3 is 14.8 Å². The minimum Gasteiger partial charge on any atom is -0.481 e. The Balaban J connectivity index is 2.26. The summed E-state index contributed by atoms with van der Waals surface area (Å²) in [5.41, 5.74) is 1.16. The second-order valence-electron chi connectivity index (χ2n) is 5.95. The van der Waals surface area contributed by atoms with E-state index < -0.39 is 12.0 Å². The van der Waals surface area contributed by atoms with E-state index in [1.165, 1.54) is 0 Å². The molecule has 0 saturated heterocycles. The van der Waals surface area contributed by atoms with Gasteiger partial charge in [-0.15, -0.1) is 0 Å². The van der Waals surface area contributed by atoms with Gasteiger partial charge in [0.2, 0.25) is 0 Å². The van der Waals surface area contributed by atoms with Crippen LogP contribution in [0.15, 0.2) is 39.2 Å². The molecule has 5 nitrogen and oxygen atoms in total. The number of aliphatic carboxylic acids is 1. The number of carbonyl (C=O) groups is 2. The van der Waals surface area contributed by atoms with Crippen LogP contribution in [0.25, 0.3) is 0 Å². The van der Waals surface area contributed by atoms with Crippen LogP contribution in [0.3, 0.4) is 0 Å². The van der Waals surface area contributed by atoms with Crippen molar-refractivity contribution in [2.24, 2.45) is 0 Å². The standard InChI is InChI=1S/C18H20BrNO4/c1-10(2)16-8-14(11(3)24-16)18(23)20-15(9-17(21)22)12-5-4-6-13(19)7-12/h4-8,10,15H,9H2,1-3H3,(H,20,23)(H,21,22). The van der Waals surface area contributed by atoms with Gasteiger partial charge in [-0.25, -0.2) is 0 Å². The highest BCUT2D eigenvalue weighted by atomic mass is 79.9. The zero-order valence-electron chi connectivity index (χ0n) is 13.8. The minimum absolute atomic E-state index is 0.171. The number of amides is 1. The van der Waals surface area contributed by atoms with Gasteiger partial charge in [-0.2, -0.15) is 0 Å². The molecule has 2 aromatic rings. The van der Waals surface area contributed by atoms with E-state index in [4.69, 9.17) is 9.52 Å². The van der Waals surface area contributed by atoms with E-state index in [1.807, 2.05) is 19.9 Å². The number of benzene rings is 1. The lowest BCUT2D eigenvalue weighted by Gasteiger charge is -2.17. The van der Waals surface area contributed by atoms with E-state index in [0.717, 1.165) is 15.8 Å². The molecule has 1 aromatic heterocycles. The first-order chi connectivity index (χ1) is 11.3. The molecule has 0 saturated carbocycles. The lowest BCUT2D eigenvalue weighted by molar-refractivity contribution is -0.137. The Labute approximate surface area is 149 Å². The molecule has 1 atom stereocenters. The zero-order valence-corrected chi connectivity index (χ0v) is 15.4. The lowest BCUT2D eigenvalue weighted by atomic mass is 10.0. The summed E-state index contributed by atoms with van der Waals surface area (Å²) in [6.07, 6.45) is -0.198. The van der Waals surface area contributed by atoms with E-state index in [2.05, 4.69) is 21.2 Å². The number of rotatable bonds is 6. The van der Waals surface area contributed by atoms with Crippen molar-refractivity contribution in [2.75, 3.05) is 0 Å².